The van der Waals surface area contributed by atoms with Crippen molar-refractivity contribution in [2.45, 2.75) is 20.8 Å². The average Bonchev–Trinajstić information content (AvgIpc) is 2.44. The highest BCUT2D eigenvalue weighted by molar-refractivity contribution is 5.92. The third kappa shape index (κ3) is 3.75. The lowest BCUT2D eigenvalue weighted by molar-refractivity contribution is -0.118. The summed E-state index contributed by atoms with van der Waals surface area (Å²) in [6, 6.07) is 11.2. The lowest BCUT2D eigenvalue weighted by Gasteiger charge is -2.11. The Bertz CT molecular complexity index is 666. The number of nitrogens with one attached hydrogen (secondary N) is 1. The molecular formula is C17H20N2O2. The van der Waals surface area contributed by atoms with Crippen LogP contribution in [0, 0.1) is 20.8 Å². The highest BCUT2D eigenvalue weighted by Gasteiger charge is 2.07. The molecule has 0 aliphatic rings. The van der Waals surface area contributed by atoms with Gasteiger partial charge >= 0.3 is 0 Å². The van der Waals surface area contributed by atoms with Crippen molar-refractivity contribution in [1.82, 2.24) is 0 Å². The van der Waals surface area contributed by atoms with Crippen LogP contribution in [0.15, 0.2) is 36.4 Å². The van der Waals surface area contributed by atoms with Gasteiger partial charge in [-0.25, -0.2) is 0 Å². The fourth-order valence-electron chi connectivity index (χ4n) is 1.94. The predicted molar refractivity (Wildman–Crippen MR) is 85.6 cm³/mol. The van der Waals surface area contributed by atoms with Gasteiger partial charge in [0.25, 0.3) is 5.91 Å². The molecule has 0 fully saturated rings. The topological polar surface area (TPSA) is 64.3 Å². The van der Waals surface area contributed by atoms with Crippen LogP contribution in [0.1, 0.15) is 16.7 Å². The first-order valence-corrected chi connectivity index (χ1v) is 6.82. The van der Waals surface area contributed by atoms with Gasteiger partial charge in [-0.2, -0.15) is 0 Å². The zero-order valence-corrected chi connectivity index (χ0v) is 12.6. The Morgan fingerprint density at radius 2 is 1.90 bits per heavy atom. The predicted octanol–water partition coefficient (Wildman–Crippen LogP) is 3.21. The van der Waals surface area contributed by atoms with E-state index < -0.39 is 0 Å². The summed E-state index contributed by atoms with van der Waals surface area (Å²) in [5.41, 5.74) is 10.3. The molecular weight excluding hydrogens is 264 g/mol. The monoisotopic (exact) mass is 284 g/mol. The summed E-state index contributed by atoms with van der Waals surface area (Å²) in [5.74, 6) is 0.521. The van der Waals surface area contributed by atoms with Crippen molar-refractivity contribution in [1.29, 1.82) is 0 Å². The van der Waals surface area contributed by atoms with Crippen molar-refractivity contribution in [2.75, 3.05) is 17.7 Å². The second-order valence-corrected chi connectivity index (χ2v) is 5.11. The van der Waals surface area contributed by atoms with Gasteiger partial charge in [-0.3, -0.25) is 4.79 Å². The Morgan fingerprint density at radius 1 is 1.14 bits per heavy atom. The van der Waals surface area contributed by atoms with Crippen molar-refractivity contribution < 1.29 is 9.53 Å². The first kappa shape index (κ1) is 14.9. The number of rotatable bonds is 4. The van der Waals surface area contributed by atoms with E-state index in [1.807, 2.05) is 51.1 Å². The van der Waals surface area contributed by atoms with Gasteiger partial charge in [-0.1, -0.05) is 18.2 Å². The third-order valence-electron chi connectivity index (χ3n) is 3.48. The first-order chi connectivity index (χ1) is 9.97. The molecule has 0 aliphatic heterocycles. The molecule has 4 nitrogen and oxygen atoms in total. The summed E-state index contributed by atoms with van der Waals surface area (Å²) in [7, 11) is 0. The van der Waals surface area contributed by atoms with Crippen LogP contribution < -0.4 is 15.8 Å². The van der Waals surface area contributed by atoms with Crippen molar-refractivity contribution in [3.8, 4) is 5.75 Å². The van der Waals surface area contributed by atoms with E-state index in [1.165, 1.54) is 0 Å². The van der Waals surface area contributed by atoms with Gasteiger partial charge in [0.2, 0.25) is 0 Å². The Balaban J connectivity index is 1.96. The van der Waals surface area contributed by atoms with Gasteiger partial charge in [0, 0.05) is 11.4 Å². The van der Waals surface area contributed by atoms with Crippen LogP contribution in [0.4, 0.5) is 11.4 Å². The molecule has 0 aromatic heterocycles. The summed E-state index contributed by atoms with van der Waals surface area (Å²) in [6.07, 6.45) is 0. The molecule has 0 unspecified atom stereocenters. The summed E-state index contributed by atoms with van der Waals surface area (Å²) < 4.78 is 5.56. The molecule has 2 rings (SSSR count). The van der Waals surface area contributed by atoms with Crippen LogP contribution in [-0.2, 0) is 4.79 Å². The quantitative estimate of drug-likeness (QED) is 0.847. The highest BCUT2D eigenvalue weighted by Crippen LogP contribution is 2.21. The number of aryl methyl sites for hydroxylation is 2. The molecule has 0 heterocycles. The van der Waals surface area contributed by atoms with Crippen LogP contribution >= 0.6 is 0 Å². The van der Waals surface area contributed by atoms with Gasteiger partial charge < -0.3 is 15.8 Å². The maximum Gasteiger partial charge on any atom is 0.262 e. The van der Waals surface area contributed by atoms with E-state index in [2.05, 4.69) is 5.32 Å². The smallest absolute Gasteiger partial charge is 0.262 e. The molecule has 0 atom stereocenters. The van der Waals surface area contributed by atoms with Gasteiger partial charge in [0.1, 0.15) is 5.75 Å². The number of hydrogen-bond acceptors (Lipinski definition) is 3. The molecule has 2 aromatic rings. The van der Waals surface area contributed by atoms with E-state index in [1.54, 1.807) is 6.07 Å². The Morgan fingerprint density at radius 3 is 2.62 bits per heavy atom. The zero-order chi connectivity index (χ0) is 15.4. The summed E-state index contributed by atoms with van der Waals surface area (Å²) >= 11 is 0. The van der Waals surface area contributed by atoms with Crippen LogP contribution in [0.2, 0.25) is 0 Å². The SMILES string of the molecule is Cc1ccc(NC(=O)COc2cccc(C)c2C)cc1N. The number of carbonyl (C=O) groups is 1. The minimum absolute atomic E-state index is 0.0297. The van der Waals surface area contributed by atoms with E-state index in [0.29, 0.717) is 11.4 Å². The van der Waals surface area contributed by atoms with Gasteiger partial charge in [-0.05, 0) is 55.7 Å². The van der Waals surface area contributed by atoms with E-state index in [-0.39, 0.29) is 12.5 Å². The number of nitrogen functional groups attached to an aromatic ring is 1. The lowest BCUT2D eigenvalue weighted by Crippen LogP contribution is -2.20. The summed E-state index contributed by atoms with van der Waals surface area (Å²) in [5, 5.41) is 2.77. The molecule has 0 aliphatic carbocycles. The van der Waals surface area contributed by atoms with Crippen molar-refractivity contribution in [3.63, 3.8) is 0 Å². The Labute approximate surface area is 124 Å². The van der Waals surface area contributed by atoms with E-state index in [0.717, 1.165) is 22.4 Å². The third-order valence-corrected chi connectivity index (χ3v) is 3.48. The van der Waals surface area contributed by atoms with E-state index in [4.69, 9.17) is 10.5 Å². The molecule has 0 saturated carbocycles. The van der Waals surface area contributed by atoms with Crippen molar-refractivity contribution >= 4 is 17.3 Å². The molecule has 0 radical (unpaired) electrons. The molecule has 4 heteroatoms. The number of nitrogens with two attached hydrogens (primary N) is 1. The fourth-order valence-corrected chi connectivity index (χ4v) is 1.94. The van der Waals surface area contributed by atoms with Gasteiger partial charge in [0.15, 0.2) is 6.61 Å². The molecule has 0 saturated heterocycles. The van der Waals surface area contributed by atoms with E-state index in [9.17, 15) is 4.79 Å². The van der Waals surface area contributed by atoms with Crippen LogP contribution in [0.25, 0.3) is 0 Å². The molecule has 0 spiro atoms. The van der Waals surface area contributed by atoms with Gasteiger partial charge in [0.05, 0.1) is 0 Å². The Hall–Kier alpha value is -2.49. The second-order valence-electron chi connectivity index (χ2n) is 5.11. The minimum atomic E-state index is -0.209. The number of anilines is 2. The maximum absolute atomic E-state index is 11.9. The molecule has 1 amide bonds. The number of hydrogen-bond donors (Lipinski definition) is 2. The first-order valence-electron chi connectivity index (χ1n) is 6.82. The molecule has 0 bridgehead atoms. The normalized spacial score (nSPS) is 10.2. The second kappa shape index (κ2) is 6.31. The van der Waals surface area contributed by atoms with Crippen LogP contribution in [0.5, 0.6) is 5.75 Å². The highest BCUT2D eigenvalue weighted by atomic mass is 16.5. The number of ether oxygens (including phenoxy) is 1. The number of amides is 1. The Kier molecular flexibility index (Phi) is 4.48. The number of benzene rings is 2. The van der Waals surface area contributed by atoms with Crippen molar-refractivity contribution in [3.05, 3.63) is 53.1 Å². The van der Waals surface area contributed by atoms with E-state index >= 15 is 0 Å². The van der Waals surface area contributed by atoms with Crippen LogP contribution in [0.3, 0.4) is 0 Å². The largest absolute Gasteiger partial charge is 0.483 e. The molecule has 110 valence electrons. The van der Waals surface area contributed by atoms with Crippen molar-refractivity contribution in [2.24, 2.45) is 0 Å². The lowest BCUT2D eigenvalue weighted by atomic mass is 10.1. The maximum atomic E-state index is 11.9. The minimum Gasteiger partial charge on any atom is -0.483 e. The summed E-state index contributed by atoms with van der Waals surface area (Å²) in [4.78, 5) is 11.9. The standard InChI is InChI=1S/C17H20N2O2/c1-11-5-4-6-16(13(11)3)21-10-17(20)19-14-8-7-12(2)15(18)9-14/h4-9H,10,18H2,1-3H3,(H,19,20). The molecule has 2 aromatic carbocycles. The molecule has 21 heavy (non-hydrogen) atoms. The fraction of sp³-hybridized carbons (Fsp3) is 0.235. The van der Waals surface area contributed by atoms with Gasteiger partial charge in [-0.15, -0.1) is 0 Å². The zero-order valence-electron chi connectivity index (χ0n) is 12.6. The number of carbonyl (C=O) groups excluding carboxylic acids is 1. The summed E-state index contributed by atoms with van der Waals surface area (Å²) in [6.45, 7) is 5.88. The van der Waals surface area contributed by atoms with Crippen LogP contribution in [-0.4, -0.2) is 12.5 Å². The average molecular weight is 284 g/mol. The molecule has 3 N–H and O–H groups in total.